The van der Waals surface area contributed by atoms with Gasteiger partial charge in [-0.05, 0) is 33.6 Å². The Bertz CT molecular complexity index is 265. The van der Waals surface area contributed by atoms with Gasteiger partial charge in [0.15, 0.2) is 0 Å². The lowest BCUT2D eigenvalue weighted by atomic mass is 9.81. The van der Waals surface area contributed by atoms with Crippen LogP contribution in [0.3, 0.4) is 0 Å². The number of nitrogens with zero attached hydrogens (tertiary/aromatic N) is 1. The predicted octanol–water partition coefficient (Wildman–Crippen LogP) is 2.32. The van der Waals surface area contributed by atoms with Gasteiger partial charge in [0.1, 0.15) is 0 Å². The zero-order valence-corrected chi connectivity index (χ0v) is 11.5. The molecule has 4 heteroatoms. The molecule has 0 bridgehead atoms. The summed E-state index contributed by atoms with van der Waals surface area (Å²) < 4.78 is 0. The van der Waals surface area contributed by atoms with Crippen molar-refractivity contribution in [1.29, 1.82) is 0 Å². The summed E-state index contributed by atoms with van der Waals surface area (Å²) in [5.74, 6) is -0.00536. The molecule has 0 aromatic rings. The normalized spacial score (nSPS) is 20.4. The fraction of sp³-hybridized carbons (Fsp3) is 0.923. The summed E-state index contributed by atoms with van der Waals surface area (Å²) in [6.45, 7) is 7.97. The highest BCUT2D eigenvalue weighted by Gasteiger charge is 2.37. The Morgan fingerprint density at radius 1 is 1.29 bits per heavy atom. The van der Waals surface area contributed by atoms with Gasteiger partial charge < -0.3 is 10.5 Å². The van der Waals surface area contributed by atoms with E-state index in [1.54, 1.807) is 6.92 Å². The van der Waals surface area contributed by atoms with E-state index in [1.165, 1.54) is 11.5 Å². The Balaban J connectivity index is 2.73. The molecule has 0 radical (unpaired) electrons. The number of carbonyl (C=O) groups is 1. The number of hydrogen-bond acceptors (Lipinski definition) is 3. The zero-order valence-electron chi connectivity index (χ0n) is 11.5. The summed E-state index contributed by atoms with van der Waals surface area (Å²) in [5.41, 5.74) is -0.533. The van der Waals surface area contributed by atoms with E-state index < -0.39 is 0 Å². The molecule has 0 saturated heterocycles. The minimum atomic E-state index is -0.289. The van der Waals surface area contributed by atoms with Crippen LogP contribution >= 0.6 is 0 Å². The average molecular weight is 242 g/mol. The maximum Gasteiger partial charge on any atom is 0.217 e. The number of nitrogens with one attached hydrogen (secondary N) is 1. The molecule has 1 rings (SSSR count). The van der Waals surface area contributed by atoms with Crippen LogP contribution < -0.4 is 5.32 Å². The zero-order chi connectivity index (χ0) is 13.1. The second kappa shape index (κ2) is 5.36. The quantitative estimate of drug-likeness (QED) is 0.747. The van der Waals surface area contributed by atoms with Crippen LogP contribution in [-0.2, 0) is 4.79 Å². The summed E-state index contributed by atoms with van der Waals surface area (Å²) in [6.07, 6.45) is 5.39. The van der Waals surface area contributed by atoms with Crippen molar-refractivity contribution >= 4 is 5.91 Å². The lowest BCUT2D eigenvalue weighted by molar-refractivity contribution is -0.172. The molecule has 0 unspecified atom stereocenters. The highest BCUT2D eigenvalue weighted by atomic mass is 16.5. The van der Waals surface area contributed by atoms with Gasteiger partial charge in [0.25, 0.3) is 0 Å². The van der Waals surface area contributed by atoms with Gasteiger partial charge in [-0.1, -0.05) is 19.3 Å². The minimum absolute atomic E-state index is 0.00536. The van der Waals surface area contributed by atoms with E-state index in [-0.39, 0.29) is 17.0 Å². The molecule has 0 aromatic heterocycles. The van der Waals surface area contributed by atoms with Crippen LogP contribution in [0.4, 0.5) is 0 Å². The van der Waals surface area contributed by atoms with E-state index in [0.717, 1.165) is 25.7 Å². The molecular weight excluding hydrogens is 216 g/mol. The van der Waals surface area contributed by atoms with Crippen molar-refractivity contribution in [3.8, 4) is 0 Å². The van der Waals surface area contributed by atoms with Crippen LogP contribution in [0, 0.1) is 0 Å². The Morgan fingerprint density at radius 3 is 2.24 bits per heavy atom. The average Bonchev–Trinajstić information content (AvgIpc) is 2.15. The van der Waals surface area contributed by atoms with Crippen LogP contribution in [0.25, 0.3) is 0 Å². The third-order valence-corrected chi connectivity index (χ3v) is 3.48. The van der Waals surface area contributed by atoms with Crippen LogP contribution in [-0.4, -0.2) is 33.8 Å². The second-order valence-corrected chi connectivity index (χ2v) is 6.25. The maximum atomic E-state index is 11.3. The van der Waals surface area contributed by atoms with Crippen molar-refractivity contribution < 1.29 is 10.0 Å². The highest BCUT2D eigenvalue weighted by molar-refractivity contribution is 5.73. The maximum absolute atomic E-state index is 11.3. The SMILES string of the molecule is CC(=O)NC1(CN(O)C(C)(C)C)CCCCC1. The number of carbonyl (C=O) groups excluding carboxylic acids is 1. The Hall–Kier alpha value is -0.610. The first-order chi connectivity index (χ1) is 7.75. The van der Waals surface area contributed by atoms with Gasteiger partial charge in [0.2, 0.25) is 5.91 Å². The van der Waals surface area contributed by atoms with Gasteiger partial charge in [-0.2, -0.15) is 5.06 Å². The van der Waals surface area contributed by atoms with Gasteiger partial charge >= 0.3 is 0 Å². The van der Waals surface area contributed by atoms with Crippen LogP contribution in [0.5, 0.6) is 0 Å². The molecule has 1 amide bonds. The van der Waals surface area contributed by atoms with Crippen LogP contribution in [0.1, 0.15) is 59.8 Å². The standard InChI is InChI=1S/C13H26N2O2/c1-11(16)14-13(8-6-5-7-9-13)10-15(17)12(2,3)4/h17H,5-10H2,1-4H3,(H,14,16). The third kappa shape index (κ3) is 4.28. The molecule has 1 saturated carbocycles. The van der Waals surface area contributed by atoms with E-state index in [2.05, 4.69) is 5.32 Å². The van der Waals surface area contributed by atoms with Crippen molar-refractivity contribution in [2.75, 3.05) is 6.54 Å². The molecule has 1 fully saturated rings. The fourth-order valence-electron chi connectivity index (χ4n) is 2.45. The van der Waals surface area contributed by atoms with Gasteiger partial charge in [-0.25, -0.2) is 0 Å². The molecule has 2 N–H and O–H groups in total. The molecule has 0 heterocycles. The molecule has 0 spiro atoms. The van der Waals surface area contributed by atoms with Gasteiger partial charge in [0, 0.05) is 19.0 Å². The molecule has 0 aliphatic heterocycles. The van der Waals surface area contributed by atoms with E-state index in [0.29, 0.717) is 6.54 Å². The summed E-state index contributed by atoms with van der Waals surface area (Å²) in [6, 6.07) is 0. The number of amides is 1. The second-order valence-electron chi connectivity index (χ2n) is 6.25. The van der Waals surface area contributed by atoms with Crippen molar-refractivity contribution in [3.63, 3.8) is 0 Å². The molecular formula is C13H26N2O2. The molecule has 1 aliphatic carbocycles. The summed E-state index contributed by atoms with van der Waals surface area (Å²) in [7, 11) is 0. The molecule has 4 nitrogen and oxygen atoms in total. The van der Waals surface area contributed by atoms with Crippen molar-refractivity contribution in [3.05, 3.63) is 0 Å². The molecule has 17 heavy (non-hydrogen) atoms. The van der Waals surface area contributed by atoms with Crippen molar-refractivity contribution in [1.82, 2.24) is 10.4 Å². The first kappa shape index (κ1) is 14.5. The van der Waals surface area contributed by atoms with E-state index in [1.807, 2.05) is 20.8 Å². The molecule has 0 aromatic carbocycles. The van der Waals surface area contributed by atoms with E-state index in [4.69, 9.17) is 0 Å². The molecule has 1 aliphatic rings. The van der Waals surface area contributed by atoms with Crippen molar-refractivity contribution in [2.24, 2.45) is 0 Å². The summed E-state index contributed by atoms with van der Waals surface area (Å²) in [5, 5.41) is 14.5. The largest absolute Gasteiger partial charge is 0.350 e. The third-order valence-electron chi connectivity index (χ3n) is 3.48. The smallest absolute Gasteiger partial charge is 0.217 e. The highest BCUT2D eigenvalue weighted by Crippen LogP contribution is 2.30. The monoisotopic (exact) mass is 242 g/mol. The van der Waals surface area contributed by atoms with Crippen molar-refractivity contribution in [2.45, 2.75) is 70.9 Å². The van der Waals surface area contributed by atoms with Gasteiger partial charge in [-0.3, -0.25) is 4.79 Å². The van der Waals surface area contributed by atoms with Gasteiger partial charge in [0.05, 0.1) is 5.54 Å². The first-order valence-corrected chi connectivity index (χ1v) is 6.50. The van der Waals surface area contributed by atoms with Gasteiger partial charge in [-0.15, -0.1) is 0 Å². The summed E-state index contributed by atoms with van der Waals surface area (Å²) in [4.78, 5) is 11.3. The predicted molar refractivity (Wildman–Crippen MR) is 67.9 cm³/mol. The molecule has 100 valence electrons. The lowest BCUT2D eigenvalue weighted by Gasteiger charge is -2.43. The minimum Gasteiger partial charge on any atom is -0.350 e. The number of hydrogen-bond donors (Lipinski definition) is 2. The van der Waals surface area contributed by atoms with Crippen LogP contribution in [0.2, 0.25) is 0 Å². The Kier molecular flexibility index (Phi) is 4.55. The summed E-state index contributed by atoms with van der Waals surface area (Å²) >= 11 is 0. The number of hydroxylamine groups is 2. The fourth-order valence-corrected chi connectivity index (χ4v) is 2.45. The number of rotatable bonds is 3. The first-order valence-electron chi connectivity index (χ1n) is 6.50. The Morgan fingerprint density at radius 2 is 1.82 bits per heavy atom. The topological polar surface area (TPSA) is 52.6 Å². The van der Waals surface area contributed by atoms with E-state index in [9.17, 15) is 10.0 Å². The van der Waals surface area contributed by atoms with E-state index >= 15 is 0 Å². The van der Waals surface area contributed by atoms with Crippen LogP contribution in [0.15, 0.2) is 0 Å². The Labute approximate surface area is 104 Å². The molecule has 0 atom stereocenters. The lowest BCUT2D eigenvalue weighted by Crippen LogP contribution is -2.58.